The Labute approximate surface area is 164 Å². The first-order valence-corrected chi connectivity index (χ1v) is 9.84. The van der Waals surface area contributed by atoms with Gasteiger partial charge in [0, 0.05) is 16.8 Å². The third-order valence-corrected chi connectivity index (χ3v) is 6.03. The molecule has 0 spiro atoms. The van der Waals surface area contributed by atoms with Crippen molar-refractivity contribution in [2.75, 3.05) is 16.8 Å². The number of anilines is 2. The average molecular weight is 376 g/mol. The Morgan fingerprint density at radius 2 is 2.04 bits per heavy atom. The van der Waals surface area contributed by atoms with Crippen molar-refractivity contribution >= 4 is 23.1 Å². The van der Waals surface area contributed by atoms with E-state index in [4.69, 9.17) is 4.74 Å². The number of carbonyl (C=O) groups excluding carboxylic acids is 1. The number of hydrogen-bond acceptors (Lipinski definition) is 5. The van der Waals surface area contributed by atoms with Gasteiger partial charge in [-0.05, 0) is 50.8 Å². The van der Waals surface area contributed by atoms with Crippen LogP contribution in [-0.2, 0) is 4.79 Å². The predicted molar refractivity (Wildman–Crippen MR) is 111 cm³/mol. The number of carbonyl (C=O) groups is 1. The van der Waals surface area contributed by atoms with Crippen molar-refractivity contribution in [1.82, 2.24) is 5.43 Å². The van der Waals surface area contributed by atoms with E-state index in [1.54, 1.807) is 0 Å². The molecule has 3 aliphatic rings. The summed E-state index contributed by atoms with van der Waals surface area (Å²) in [6, 6.07) is 14.2. The molecule has 1 atom stereocenters. The van der Waals surface area contributed by atoms with E-state index in [0.29, 0.717) is 6.61 Å². The molecular formula is C22H24N4O2. The summed E-state index contributed by atoms with van der Waals surface area (Å²) in [5, 5.41) is 7.96. The minimum absolute atomic E-state index is 0.106. The molecule has 6 nitrogen and oxygen atoms in total. The summed E-state index contributed by atoms with van der Waals surface area (Å²) in [4.78, 5) is 14.2. The Hall–Kier alpha value is -3.02. The highest BCUT2D eigenvalue weighted by Crippen LogP contribution is 2.45. The third-order valence-electron chi connectivity index (χ3n) is 6.03. The lowest BCUT2D eigenvalue weighted by Gasteiger charge is -2.42. The molecule has 1 saturated carbocycles. The molecule has 1 aliphatic carbocycles. The fourth-order valence-corrected chi connectivity index (χ4v) is 4.19. The molecule has 1 amide bonds. The Kier molecular flexibility index (Phi) is 3.82. The SMILES string of the molecule is CC1C(=O)NN=C2COc3cc(-c4ccccc4)c(NC4(C)CCC4)cc3N21. The lowest BCUT2D eigenvalue weighted by molar-refractivity contribution is -0.122. The summed E-state index contributed by atoms with van der Waals surface area (Å²) >= 11 is 0. The summed E-state index contributed by atoms with van der Waals surface area (Å²) in [7, 11) is 0. The topological polar surface area (TPSA) is 66.0 Å². The predicted octanol–water partition coefficient (Wildman–Crippen LogP) is 3.74. The molecule has 2 aromatic rings. The molecule has 0 aromatic heterocycles. The van der Waals surface area contributed by atoms with Gasteiger partial charge >= 0.3 is 0 Å². The van der Waals surface area contributed by atoms with Crippen LogP contribution in [0.2, 0.25) is 0 Å². The van der Waals surface area contributed by atoms with E-state index in [9.17, 15) is 4.79 Å². The first-order valence-electron chi connectivity index (χ1n) is 9.84. The van der Waals surface area contributed by atoms with Crippen LogP contribution < -0.4 is 20.4 Å². The van der Waals surface area contributed by atoms with E-state index in [-0.39, 0.29) is 17.5 Å². The first-order chi connectivity index (χ1) is 13.5. The second kappa shape index (κ2) is 6.26. The highest BCUT2D eigenvalue weighted by atomic mass is 16.5. The van der Waals surface area contributed by atoms with E-state index < -0.39 is 0 Å². The fraction of sp³-hybridized carbons (Fsp3) is 0.364. The van der Waals surface area contributed by atoms with Gasteiger partial charge in [0.05, 0.1) is 5.69 Å². The van der Waals surface area contributed by atoms with Crippen LogP contribution in [0.3, 0.4) is 0 Å². The molecule has 1 fully saturated rings. The van der Waals surface area contributed by atoms with Gasteiger partial charge in [0.1, 0.15) is 18.4 Å². The molecule has 144 valence electrons. The van der Waals surface area contributed by atoms with Gasteiger partial charge in [0.25, 0.3) is 5.91 Å². The number of ether oxygens (including phenoxy) is 1. The maximum Gasteiger partial charge on any atom is 0.262 e. The number of hydrazone groups is 1. The van der Waals surface area contributed by atoms with Crippen molar-refractivity contribution in [3.8, 4) is 16.9 Å². The van der Waals surface area contributed by atoms with Crippen LogP contribution in [0.5, 0.6) is 5.75 Å². The number of amides is 1. The van der Waals surface area contributed by atoms with Crippen LogP contribution in [0.25, 0.3) is 11.1 Å². The minimum Gasteiger partial charge on any atom is -0.483 e. The number of benzene rings is 2. The largest absolute Gasteiger partial charge is 0.483 e. The number of nitrogens with one attached hydrogen (secondary N) is 2. The summed E-state index contributed by atoms with van der Waals surface area (Å²) < 4.78 is 6.01. The van der Waals surface area contributed by atoms with Crippen LogP contribution in [0.1, 0.15) is 33.1 Å². The van der Waals surface area contributed by atoms with Crippen LogP contribution in [0, 0.1) is 0 Å². The number of nitrogens with zero attached hydrogens (tertiary/aromatic N) is 2. The van der Waals surface area contributed by atoms with Crippen molar-refractivity contribution in [3.63, 3.8) is 0 Å². The van der Waals surface area contributed by atoms with Crippen molar-refractivity contribution in [2.45, 2.75) is 44.7 Å². The molecule has 28 heavy (non-hydrogen) atoms. The summed E-state index contributed by atoms with van der Waals surface area (Å²) in [6.07, 6.45) is 3.56. The number of fused-ring (bicyclic) bond motifs is 3. The zero-order chi connectivity index (χ0) is 19.3. The lowest BCUT2D eigenvalue weighted by atomic mass is 9.78. The molecule has 0 bridgehead atoms. The number of rotatable bonds is 3. The maximum atomic E-state index is 12.2. The van der Waals surface area contributed by atoms with Crippen molar-refractivity contribution in [2.24, 2.45) is 5.10 Å². The Morgan fingerprint density at radius 3 is 2.75 bits per heavy atom. The zero-order valence-electron chi connectivity index (χ0n) is 16.2. The zero-order valence-corrected chi connectivity index (χ0v) is 16.2. The Bertz CT molecular complexity index is 966. The average Bonchev–Trinajstić information content (AvgIpc) is 2.69. The highest BCUT2D eigenvalue weighted by Gasteiger charge is 2.37. The first kappa shape index (κ1) is 17.1. The molecule has 6 heteroatoms. The molecule has 0 radical (unpaired) electrons. The molecule has 2 N–H and O–H groups in total. The second-order valence-electron chi connectivity index (χ2n) is 8.11. The van der Waals surface area contributed by atoms with E-state index in [1.807, 2.05) is 30.0 Å². The van der Waals surface area contributed by atoms with Crippen LogP contribution in [0.4, 0.5) is 11.4 Å². The monoisotopic (exact) mass is 376 g/mol. The van der Waals surface area contributed by atoms with Crippen molar-refractivity contribution in [1.29, 1.82) is 0 Å². The van der Waals surface area contributed by atoms with Crippen molar-refractivity contribution in [3.05, 3.63) is 42.5 Å². The Morgan fingerprint density at radius 1 is 1.25 bits per heavy atom. The fourth-order valence-electron chi connectivity index (χ4n) is 4.19. The molecule has 2 heterocycles. The van der Waals surface area contributed by atoms with E-state index in [1.165, 1.54) is 6.42 Å². The normalized spacial score (nSPS) is 22.1. The summed E-state index contributed by atoms with van der Waals surface area (Å²) in [6.45, 7) is 4.51. The number of amidine groups is 1. The molecular weight excluding hydrogens is 352 g/mol. The molecule has 1 unspecified atom stereocenters. The van der Waals surface area contributed by atoms with Gasteiger partial charge in [-0.25, -0.2) is 5.43 Å². The molecule has 5 rings (SSSR count). The Balaban J connectivity index is 1.65. The third kappa shape index (κ3) is 2.71. The second-order valence-corrected chi connectivity index (χ2v) is 8.11. The van der Waals surface area contributed by atoms with Gasteiger partial charge in [-0.1, -0.05) is 30.3 Å². The standard InChI is InChI=1S/C22H24N4O2/c1-14-21(27)25-24-20-13-28-19-11-16(15-7-4-3-5-8-15)17(12-18(19)26(14)20)23-22(2)9-6-10-22/h3-5,7-8,11-12,14,23H,6,9-10,13H2,1-2H3,(H,25,27). The maximum absolute atomic E-state index is 12.2. The van der Waals surface area contributed by atoms with E-state index in [0.717, 1.165) is 46.9 Å². The molecule has 2 aromatic carbocycles. The summed E-state index contributed by atoms with van der Waals surface area (Å²) in [5.74, 6) is 1.40. The highest BCUT2D eigenvalue weighted by molar-refractivity contribution is 6.10. The van der Waals surface area contributed by atoms with Crippen LogP contribution >= 0.6 is 0 Å². The lowest BCUT2D eigenvalue weighted by Crippen LogP contribution is -2.55. The summed E-state index contributed by atoms with van der Waals surface area (Å²) in [5.41, 5.74) is 6.89. The minimum atomic E-state index is -0.329. The van der Waals surface area contributed by atoms with Gasteiger partial charge in [0.2, 0.25) is 0 Å². The quantitative estimate of drug-likeness (QED) is 0.856. The van der Waals surface area contributed by atoms with Gasteiger partial charge < -0.3 is 15.0 Å². The number of hydrogen-bond donors (Lipinski definition) is 2. The van der Waals surface area contributed by atoms with Gasteiger partial charge in [-0.3, -0.25) is 4.79 Å². The van der Waals surface area contributed by atoms with E-state index in [2.05, 4.69) is 47.0 Å². The smallest absolute Gasteiger partial charge is 0.262 e. The molecule has 2 aliphatic heterocycles. The van der Waals surface area contributed by atoms with Gasteiger partial charge in [-0.2, -0.15) is 5.10 Å². The van der Waals surface area contributed by atoms with E-state index >= 15 is 0 Å². The van der Waals surface area contributed by atoms with Gasteiger partial charge in [0.15, 0.2) is 5.84 Å². The molecule has 0 saturated heterocycles. The van der Waals surface area contributed by atoms with Crippen LogP contribution in [-0.4, -0.2) is 29.9 Å². The van der Waals surface area contributed by atoms with Gasteiger partial charge in [-0.15, -0.1) is 0 Å². The van der Waals surface area contributed by atoms with Crippen LogP contribution in [0.15, 0.2) is 47.6 Å². The van der Waals surface area contributed by atoms with Crippen molar-refractivity contribution < 1.29 is 9.53 Å².